The van der Waals surface area contributed by atoms with E-state index >= 15 is 0 Å². The van der Waals surface area contributed by atoms with Crippen molar-refractivity contribution < 1.29 is 9.53 Å². The highest BCUT2D eigenvalue weighted by Crippen LogP contribution is 2.41. The first-order chi connectivity index (χ1) is 35.4. The Bertz CT molecular complexity index is 3120. The van der Waals surface area contributed by atoms with Crippen molar-refractivity contribution in [3.63, 3.8) is 0 Å². The Morgan fingerprint density at radius 1 is 0.644 bits per heavy atom. The third kappa shape index (κ3) is 12.1. The van der Waals surface area contributed by atoms with Gasteiger partial charge >= 0.3 is 0 Å². The number of fused-ring (bicyclic) bond motifs is 2. The van der Waals surface area contributed by atoms with Gasteiger partial charge in [-0.05, 0) is 173 Å². The second kappa shape index (κ2) is 22.9. The van der Waals surface area contributed by atoms with Crippen molar-refractivity contribution in [3.8, 4) is 29.8 Å². The average Bonchev–Trinajstić information content (AvgIpc) is 3.41. The zero-order valence-corrected chi connectivity index (χ0v) is 43.4. The van der Waals surface area contributed by atoms with Crippen LogP contribution in [-0.2, 0) is 12.8 Å². The van der Waals surface area contributed by atoms with Crippen LogP contribution in [0.15, 0.2) is 82.6 Å². The normalized spacial score (nSPS) is 15.5. The SMILES string of the molecule is Cc1cc(C#N)cc(C)c1Nc1nc(NC2CCN(c3cccc(C(N)=O)c3)CC2)nc2c1SCCC2.Cc1cc(C#N)cc(C)c1Oc1nc(NC2CCN(c3cccc(C#N)c3)CC2)nc2c1SCCC2. The largest absolute Gasteiger partial charge is 0.437 e. The molecule has 6 heterocycles. The van der Waals surface area contributed by atoms with Crippen molar-refractivity contribution >= 4 is 64.2 Å². The van der Waals surface area contributed by atoms with Crippen molar-refractivity contribution in [2.75, 3.05) is 63.4 Å². The molecule has 0 saturated carbocycles. The van der Waals surface area contributed by atoms with Crippen molar-refractivity contribution in [1.29, 1.82) is 15.8 Å². The number of aromatic nitrogens is 4. The van der Waals surface area contributed by atoms with Crippen LogP contribution in [0, 0.1) is 61.7 Å². The molecule has 0 spiro atoms. The number of nitrogens with zero attached hydrogens (tertiary/aromatic N) is 9. The standard InChI is InChI=1S/C28H31N7OS.C28H28N6OS/c1-17-13-19(16-29)14-18(2)24(17)33-27-25-23(7-4-12-37-25)32-28(34-27)31-21-8-10-35(11-9-21)22-6-3-5-20(15-22)26(30)36;1-18-13-21(17-30)14-19(2)25(18)35-27-26-24(7-4-12-36-26)32-28(33-27)31-22-8-10-34(11-9-22)23-6-3-5-20(15-23)16-29/h3,5-6,13-15,21H,4,7-12H2,1-2H3,(H2,30,36)(H2,31,32,33,34);3,5-6,13-15,22H,4,7-12H2,1-2H3,(H,31,32,33). The third-order valence-electron chi connectivity index (χ3n) is 13.6. The highest BCUT2D eigenvalue weighted by Gasteiger charge is 2.27. The number of nitrogens with one attached hydrogen (secondary N) is 3. The third-order valence-corrected chi connectivity index (χ3v) is 16.0. The second-order valence-corrected chi connectivity index (χ2v) is 21.2. The summed E-state index contributed by atoms with van der Waals surface area (Å²) in [6.45, 7) is 11.5. The fourth-order valence-electron chi connectivity index (χ4n) is 9.89. The summed E-state index contributed by atoms with van der Waals surface area (Å²) in [6, 6.07) is 30.0. The Morgan fingerprint density at radius 2 is 1.15 bits per heavy atom. The number of anilines is 6. The van der Waals surface area contributed by atoms with E-state index in [1.165, 1.54) is 0 Å². The lowest BCUT2D eigenvalue weighted by molar-refractivity contribution is 0.1000. The van der Waals surface area contributed by atoms with Crippen LogP contribution in [-0.4, -0.2) is 75.6 Å². The van der Waals surface area contributed by atoms with Crippen molar-refractivity contribution in [3.05, 3.63) is 129 Å². The molecule has 6 aromatic rings. The highest BCUT2D eigenvalue weighted by molar-refractivity contribution is 7.99. The van der Waals surface area contributed by atoms with Crippen molar-refractivity contribution in [1.82, 2.24) is 19.9 Å². The van der Waals surface area contributed by atoms with Crippen LogP contribution in [0.25, 0.3) is 0 Å². The fourth-order valence-corrected chi connectivity index (χ4v) is 11.9. The van der Waals surface area contributed by atoms with Gasteiger partial charge in [0.15, 0.2) is 0 Å². The smallest absolute Gasteiger partial charge is 0.248 e. The molecule has 15 nitrogen and oxygen atoms in total. The molecule has 0 radical (unpaired) electrons. The minimum atomic E-state index is -0.406. The maximum absolute atomic E-state index is 11.6. The van der Waals surface area contributed by atoms with E-state index < -0.39 is 5.91 Å². The molecule has 4 aliphatic heterocycles. The Labute approximate surface area is 436 Å². The van der Waals surface area contributed by atoms with Crippen molar-refractivity contribution in [2.24, 2.45) is 5.73 Å². The number of ether oxygens (including phenoxy) is 1. The molecule has 4 aromatic carbocycles. The average molecular weight is 1010 g/mol. The van der Waals surface area contributed by atoms with E-state index in [9.17, 15) is 20.6 Å². The van der Waals surface area contributed by atoms with E-state index in [0.717, 1.165) is 161 Å². The lowest BCUT2D eigenvalue weighted by atomic mass is 10.0. The number of benzene rings is 4. The number of hydrogen-bond donors (Lipinski definition) is 4. The zero-order chi connectivity index (χ0) is 51.0. The summed E-state index contributed by atoms with van der Waals surface area (Å²) in [6.07, 6.45) is 7.82. The second-order valence-electron chi connectivity index (χ2n) is 19.0. The molecule has 0 atom stereocenters. The van der Waals surface area contributed by atoms with Gasteiger partial charge in [-0.15, -0.1) is 23.5 Å². The van der Waals surface area contributed by atoms with Gasteiger partial charge in [0.05, 0.1) is 56.1 Å². The summed E-state index contributed by atoms with van der Waals surface area (Å²) < 4.78 is 6.41. The molecule has 2 aromatic heterocycles. The summed E-state index contributed by atoms with van der Waals surface area (Å²) in [5.74, 6) is 5.11. The van der Waals surface area contributed by atoms with Crippen LogP contribution >= 0.6 is 23.5 Å². The minimum absolute atomic E-state index is 0.260. The first-order valence-corrected chi connectivity index (χ1v) is 26.9. The Balaban J connectivity index is 0.000000180. The van der Waals surface area contributed by atoms with Crippen LogP contribution in [0.3, 0.4) is 0 Å². The van der Waals surface area contributed by atoms with E-state index in [0.29, 0.717) is 40.0 Å². The lowest BCUT2D eigenvalue weighted by Crippen LogP contribution is -2.39. The predicted octanol–water partition coefficient (Wildman–Crippen LogP) is 10.7. The Hall–Kier alpha value is -7.52. The molecule has 372 valence electrons. The number of rotatable bonds is 11. The summed E-state index contributed by atoms with van der Waals surface area (Å²) in [5, 5.41) is 38.5. The van der Waals surface area contributed by atoms with Crippen molar-refractivity contribution in [2.45, 2.75) is 101 Å². The maximum Gasteiger partial charge on any atom is 0.248 e. The summed E-state index contributed by atoms with van der Waals surface area (Å²) in [5.41, 5.74) is 17.1. The summed E-state index contributed by atoms with van der Waals surface area (Å²) >= 11 is 3.55. The molecule has 2 saturated heterocycles. The molecule has 0 bridgehead atoms. The molecule has 0 aliphatic carbocycles. The topological polar surface area (TPSA) is 218 Å². The number of carbonyl (C=O) groups is 1. The number of hydrogen-bond acceptors (Lipinski definition) is 16. The molecule has 73 heavy (non-hydrogen) atoms. The number of piperidine rings is 2. The van der Waals surface area contributed by atoms with Gasteiger partial charge in [0.1, 0.15) is 11.6 Å². The van der Waals surface area contributed by atoms with Crippen LogP contribution < -0.4 is 36.2 Å². The molecule has 17 heteroatoms. The number of primary amides is 1. The molecule has 1 amide bonds. The van der Waals surface area contributed by atoms with Gasteiger partial charge in [-0.25, -0.2) is 9.97 Å². The number of carbonyl (C=O) groups excluding carboxylic acids is 1. The molecule has 10 rings (SSSR count). The predicted molar refractivity (Wildman–Crippen MR) is 291 cm³/mol. The number of aryl methyl sites for hydroxylation is 6. The summed E-state index contributed by atoms with van der Waals surface area (Å²) in [4.78, 5) is 37.8. The number of thioether (sulfide) groups is 2. The number of nitrogens with two attached hydrogens (primary N) is 1. The van der Waals surface area contributed by atoms with Crippen LogP contribution in [0.5, 0.6) is 11.6 Å². The molecular weight excluding hydrogens is 951 g/mol. The molecule has 2 fully saturated rings. The fraction of sp³-hybridized carbons (Fsp3) is 0.357. The number of amides is 1. The maximum atomic E-state index is 11.6. The minimum Gasteiger partial charge on any atom is -0.437 e. The van der Waals surface area contributed by atoms with Gasteiger partial charge in [-0.2, -0.15) is 25.8 Å². The lowest BCUT2D eigenvalue weighted by Gasteiger charge is -2.34. The van der Waals surface area contributed by atoms with Crippen LogP contribution in [0.2, 0.25) is 0 Å². The first kappa shape index (κ1) is 50.4. The quantitative estimate of drug-likeness (QED) is 0.0949. The summed E-state index contributed by atoms with van der Waals surface area (Å²) in [7, 11) is 0. The van der Waals surface area contributed by atoms with Gasteiger partial charge in [-0.3, -0.25) is 4.79 Å². The number of nitriles is 3. The van der Waals surface area contributed by atoms with E-state index in [1.54, 1.807) is 29.6 Å². The Morgan fingerprint density at radius 3 is 1.71 bits per heavy atom. The van der Waals surface area contributed by atoms with Gasteiger partial charge < -0.3 is 36.2 Å². The van der Waals surface area contributed by atoms with Gasteiger partial charge in [0.25, 0.3) is 0 Å². The van der Waals surface area contributed by atoms with E-state index in [-0.39, 0.29) is 12.1 Å². The van der Waals surface area contributed by atoms with Gasteiger partial charge in [0.2, 0.25) is 23.7 Å². The monoisotopic (exact) mass is 1010 g/mol. The van der Waals surface area contributed by atoms with E-state index in [1.807, 2.05) is 88.4 Å². The zero-order valence-electron chi connectivity index (χ0n) is 41.7. The molecular formula is C56H59N13O2S2. The Kier molecular flexibility index (Phi) is 15.8. The van der Waals surface area contributed by atoms with E-state index in [2.05, 4.69) is 50.0 Å². The molecule has 5 N–H and O–H groups in total. The van der Waals surface area contributed by atoms with E-state index in [4.69, 9.17) is 30.4 Å². The van der Waals surface area contributed by atoms with Gasteiger partial charge in [-0.1, -0.05) is 12.1 Å². The molecule has 0 unspecified atom stereocenters. The van der Waals surface area contributed by atoms with Gasteiger partial charge in [0, 0.05) is 60.9 Å². The highest BCUT2D eigenvalue weighted by atomic mass is 32.2. The van der Waals surface area contributed by atoms with Crippen LogP contribution in [0.4, 0.5) is 34.8 Å². The molecule has 4 aliphatic rings. The first-order valence-electron chi connectivity index (χ1n) is 24.9. The van der Waals surface area contributed by atoms with Crippen LogP contribution in [0.1, 0.15) is 99.2 Å².